The molecule has 0 saturated carbocycles. The van der Waals surface area contributed by atoms with Gasteiger partial charge in [-0.25, -0.2) is 4.39 Å². The molecule has 0 unspecified atom stereocenters. The molecule has 0 spiro atoms. The van der Waals surface area contributed by atoms with E-state index < -0.39 is 11.7 Å². The molecule has 1 N–H and O–H groups in total. The molecule has 5 nitrogen and oxygen atoms in total. The van der Waals surface area contributed by atoms with Gasteiger partial charge in [-0.15, -0.1) is 0 Å². The lowest BCUT2D eigenvalue weighted by Crippen LogP contribution is -2.15. The van der Waals surface area contributed by atoms with Crippen molar-refractivity contribution in [1.82, 2.24) is 9.78 Å². The van der Waals surface area contributed by atoms with Gasteiger partial charge in [0, 0.05) is 12.6 Å². The molecule has 0 fully saturated rings. The number of hydrogen-bond donors (Lipinski definition) is 1. The number of halogens is 2. The topological polar surface area (TPSA) is 70.7 Å². The third kappa shape index (κ3) is 2.56. The van der Waals surface area contributed by atoms with E-state index in [0.29, 0.717) is 0 Å². The van der Waals surface area contributed by atoms with E-state index in [1.807, 2.05) is 6.07 Å². The van der Waals surface area contributed by atoms with Gasteiger partial charge in [0.05, 0.1) is 11.2 Å². The zero-order valence-corrected chi connectivity index (χ0v) is 10.6. The van der Waals surface area contributed by atoms with Crippen LogP contribution in [0.25, 0.3) is 0 Å². The van der Waals surface area contributed by atoms with Crippen molar-refractivity contribution in [3.05, 3.63) is 46.4 Å². The predicted octanol–water partition coefficient (Wildman–Crippen LogP) is 2.34. The number of carbonyl (C=O) groups excluding carboxylic acids is 1. The van der Waals surface area contributed by atoms with E-state index in [1.54, 1.807) is 7.05 Å². The van der Waals surface area contributed by atoms with Crippen LogP contribution in [-0.4, -0.2) is 15.7 Å². The molecule has 1 aromatic carbocycles. The van der Waals surface area contributed by atoms with E-state index in [1.165, 1.54) is 23.0 Å². The van der Waals surface area contributed by atoms with Crippen molar-refractivity contribution in [2.24, 2.45) is 7.05 Å². The zero-order valence-electron chi connectivity index (χ0n) is 9.82. The highest BCUT2D eigenvalue weighted by atomic mass is 35.5. The van der Waals surface area contributed by atoms with E-state index in [-0.39, 0.29) is 22.0 Å². The highest BCUT2D eigenvalue weighted by Gasteiger charge is 2.14. The van der Waals surface area contributed by atoms with Crippen molar-refractivity contribution in [3.63, 3.8) is 0 Å². The minimum Gasteiger partial charge on any atom is -0.306 e. The quantitative estimate of drug-likeness (QED) is 0.916. The van der Waals surface area contributed by atoms with Gasteiger partial charge in [0.2, 0.25) is 0 Å². The standard InChI is InChI=1S/C12H8ClFN4O/c1-18-11(8(5-15)6-16-18)17-12(19)7-2-3-10(14)9(13)4-7/h2-4,6H,1H3,(H,17,19). The Labute approximate surface area is 113 Å². The second kappa shape index (κ2) is 5.08. The molecule has 1 amide bonds. The number of amides is 1. The van der Waals surface area contributed by atoms with Crippen molar-refractivity contribution in [2.75, 3.05) is 5.32 Å². The molecule has 7 heteroatoms. The van der Waals surface area contributed by atoms with Gasteiger partial charge >= 0.3 is 0 Å². The van der Waals surface area contributed by atoms with Gasteiger partial charge in [0.15, 0.2) is 0 Å². The van der Waals surface area contributed by atoms with Crippen LogP contribution >= 0.6 is 11.6 Å². The summed E-state index contributed by atoms with van der Waals surface area (Å²) in [5, 5.41) is 15.1. The van der Waals surface area contributed by atoms with Crippen LogP contribution in [0.2, 0.25) is 5.02 Å². The zero-order chi connectivity index (χ0) is 14.0. The lowest BCUT2D eigenvalue weighted by atomic mass is 10.2. The maximum absolute atomic E-state index is 13.0. The largest absolute Gasteiger partial charge is 0.306 e. The number of nitriles is 1. The molecule has 2 aromatic rings. The van der Waals surface area contributed by atoms with Crippen LogP contribution in [0.15, 0.2) is 24.4 Å². The minimum absolute atomic E-state index is 0.141. The molecule has 0 aliphatic heterocycles. The normalized spacial score (nSPS) is 10.0. The first-order valence-corrected chi connectivity index (χ1v) is 5.59. The Morgan fingerprint density at radius 1 is 1.58 bits per heavy atom. The summed E-state index contributed by atoms with van der Waals surface area (Å²) in [4.78, 5) is 12.0. The van der Waals surface area contributed by atoms with Gasteiger partial charge < -0.3 is 5.32 Å². The molecule has 0 saturated heterocycles. The SMILES string of the molecule is Cn1ncc(C#N)c1NC(=O)c1ccc(F)c(Cl)c1. The average molecular weight is 279 g/mol. The summed E-state index contributed by atoms with van der Waals surface area (Å²) in [6.07, 6.45) is 1.34. The Morgan fingerprint density at radius 3 is 2.95 bits per heavy atom. The first-order chi connectivity index (χ1) is 9.02. The number of nitrogens with one attached hydrogen (secondary N) is 1. The molecule has 0 aliphatic carbocycles. The summed E-state index contributed by atoms with van der Waals surface area (Å²) < 4.78 is 14.4. The maximum atomic E-state index is 13.0. The maximum Gasteiger partial charge on any atom is 0.256 e. The molecule has 19 heavy (non-hydrogen) atoms. The van der Waals surface area contributed by atoms with E-state index in [2.05, 4.69) is 10.4 Å². The number of aryl methyl sites for hydroxylation is 1. The Hall–Kier alpha value is -2.39. The Balaban J connectivity index is 2.28. The fraction of sp³-hybridized carbons (Fsp3) is 0.0833. The number of hydrogen-bond acceptors (Lipinski definition) is 3. The van der Waals surface area contributed by atoms with Crippen molar-refractivity contribution >= 4 is 23.3 Å². The number of nitrogens with zero attached hydrogens (tertiary/aromatic N) is 3. The van der Waals surface area contributed by atoms with Crippen molar-refractivity contribution < 1.29 is 9.18 Å². The molecule has 0 radical (unpaired) electrons. The summed E-state index contributed by atoms with van der Waals surface area (Å²) >= 11 is 5.60. The molecule has 96 valence electrons. The lowest BCUT2D eigenvalue weighted by Gasteiger charge is -2.06. The fourth-order valence-corrected chi connectivity index (χ4v) is 1.67. The van der Waals surface area contributed by atoms with Crippen molar-refractivity contribution in [1.29, 1.82) is 5.26 Å². The third-order valence-electron chi connectivity index (χ3n) is 2.47. The molecule has 2 rings (SSSR count). The second-order valence-corrected chi connectivity index (χ2v) is 4.13. The van der Waals surface area contributed by atoms with Gasteiger partial charge in [0.25, 0.3) is 5.91 Å². The molecule has 0 atom stereocenters. The Bertz CT molecular complexity index is 690. The van der Waals surface area contributed by atoms with Crippen LogP contribution in [0, 0.1) is 17.1 Å². The average Bonchev–Trinajstić information content (AvgIpc) is 2.74. The Morgan fingerprint density at radius 2 is 2.32 bits per heavy atom. The molecule has 1 aromatic heterocycles. The van der Waals surface area contributed by atoms with Gasteiger partial charge in [-0.1, -0.05) is 11.6 Å². The van der Waals surface area contributed by atoms with Crippen LogP contribution < -0.4 is 5.32 Å². The van der Waals surface area contributed by atoms with Crippen molar-refractivity contribution in [2.45, 2.75) is 0 Å². The molecular weight excluding hydrogens is 271 g/mol. The third-order valence-corrected chi connectivity index (χ3v) is 2.76. The summed E-state index contributed by atoms with van der Waals surface area (Å²) in [6, 6.07) is 5.53. The van der Waals surface area contributed by atoms with E-state index >= 15 is 0 Å². The van der Waals surface area contributed by atoms with Crippen molar-refractivity contribution in [3.8, 4) is 6.07 Å². The van der Waals surface area contributed by atoms with Crippen LogP contribution in [0.5, 0.6) is 0 Å². The van der Waals surface area contributed by atoms with Crippen LogP contribution in [0.3, 0.4) is 0 Å². The predicted molar refractivity (Wildman–Crippen MR) is 67.3 cm³/mol. The van der Waals surface area contributed by atoms with Gasteiger partial charge in [0.1, 0.15) is 23.3 Å². The number of carbonyl (C=O) groups is 1. The highest BCUT2D eigenvalue weighted by molar-refractivity contribution is 6.31. The van der Waals surface area contributed by atoms with Crippen LogP contribution in [0.1, 0.15) is 15.9 Å². The van der Waals surface area contributed by atoms with Crippen LogP contribution in [0.4, 0.5) is 10.2 Å². The fourth-order valence-electron chi connectivity index (χ4n) is 1.48. The number of benzene rings is 1. The molecule has 1 heterocycles. The number of aromatic nitrogens is 2. The number of rotatable bonds is 2. The first-order valence-electron chi connectivity index (χ1n) is 5.21. The van der Waals surface area contributed by atoms with E-state index in [0.717, 1.165) is 6.07 Å². The first kappa shape index (κ1) is 13.1. The lowest BCUT2D eigenvalue weighted by molar-refractivity contribution is 0.102. The highest BCUT2D eigenvalue weighted by Crippen LogP contribution is 2.18. The monoisotopic (exact) mass is 278 g/mol. The van der Waals surface area contributed by atoms with E-state index in [4.69, 9.17) is 16.9 Å². The van der Waals surface area contributed by atoms with Gasteiger partial charge in [-0.3, -0.25) is 9.48 Å². The van der Waals surface area contributed by atoms with E-state index in [9.17, 15) is 9.18 Å². The Kier molecular flexibility index (Phi) is 3.49. The summed E-state index contributed by atoms with van der Waals surface area (Å²) in [6.45, 7) is 0. The van der Waals surface area contributed by atoms with Gasteiger partial charge in [-0.2, -0.15) is 10.4 Å². The van der Waals surface area contributed by atoms with Gasteiger partial charge in [-0.05, 0) is 18.2 Å². The summed E-state index contributed by atoms with van der Waals surface area (Å²) in [7, 11) is 1.59. The molecule has 0 bridgehead atoms. The van der Waals surface area contributed by atoms with Crippen LogP contribution in [-0.2, 0) is 7.05 Å². The second-order valence-electron chi connectivity index (χ2n) is 3.73. The molecule has 0 aliphatic rings. The number of anilines is 1. The smallest absolute Gasteiger partial charge is 0.256 e. The summed E-state index contributed by atoms with van der Waals surface area (Å²) in [5.41, 5.74) is 0.431. The molecular formula is C12H8ClFN4O. The minimum atomic E-state index is -0.600. The summed E-state index contributed by atoms with van der Waals surface area (Å²) in [5.74, 6) is -0.827.